The molecule has 4 nitrogen and oxygen atoms in total. The molecule has 2 rings (SSSR count). The summed E-state index contributed by atoms with van der Waals surface area (Å²) < 4.78 is 7.55. The van der Waals surface area contributed by atoms with Gasteiger partial charge in [0.2, 0.25) is 0 Å². The van der Waals surface area contributed by atoms with Gasteiger partial charge in [-0.2, -0.15) is 0 Å². The van der Waals surface area contributed by atoms with Gasteiger partial charge in [-0.3, -0.25) is 0 Å². The molecule has 1 aliphatic heterocycles. The van der Waals surface area contributed by atoms with Crippen LogP contribution in [0.4, 0.5) is 5.82 Å². The lowest BCUT2D eigenvalue weighted by molar-refractivity contribution is 0.0610. The van der Waals surface area contributed by atoms with Crippen LogP contribution in [-0.4, -0.2) is 22.8 Å². The van der Waals surface area contributed by atoms with E-state index in [1.165, 1.54) is 0 Å². The number of imidazole rings is 1. The van der Waals surface area contributed by atoms with Gasteiger partial charge in [0.15, 0.2) is 0 Å². The minimum atomic E-state index is 0.638. The summed E-state index contributed by atoms with van der Waals surface area (Å²) in [4.78, 5) is 4.30. The molecular formula is C11H19N3O. The Balaban J connectivity index is 2.02. The lowest BCUT2D eigenvalue weighted by atomic mass is 10.0. The van der Waals surface area contributed by atoms with Crippen LogP contribution in [0.1, 0.15) is 25.6 Å². The largest absolute Gasteiger partial charge is 0.382 e. The first-order valence-electron chi connectivity index (χ1n) is 5.69. The molecule has 0 saturated carbocycles. The van der Waals surface area contributed by atoms with Gasteiger partial charge in [0.25, 0.3) is 0 Å². The van der Waals surface area contributed by atoms with Crippen molar-refractivity contribution in [3.8, 4) is 0 Å². The highest BCUT2D eigenvalue weighted by molar-refractivity contribution is 5.25. The van der Waals surface area contributed by atoms with Crippen LogP contribution in [0.25, 0.3) is 0 Å². The van der Waals surface area contributed by atoms with E-state index in [9.17, 15) is 0 Å². The zero-order chi connectivity index (χ0) is 10.7. The highest BCUT2D eigenvalue weighted by Crippen LogP contribution is 2.18. The third-order valence-electron chi connectivity index (χ3n) is 2.99. The summed E-state index contributed by atoms with van der Waals surface area (Å²) in [5.41, 5.74) is 5.70. The number of ether oxygens (including phenoxy) is 1. The van der Waals surface area contributed by atoms with Crippen LogP contribution in [0, 0.1) is 5.92 Å². The minimum absolute atomic E-state index is 0.638. The van der Waals surface area contributed by atoms with Gasteiger partial charge in [0.05, 0.1) is 0 Å². The summed E-state index contributed by atoms with van der Waals surface area (Å²) in [6.07, 6.45) is 5.21. The van der Waals surface area contributed by atoms with E-state index in [2.05, 4.69) is 16.5 Å². The predicted octanol–water partition coefficient (Wildman–Crippen LogP) is 1.45. The molecule has 0 radical (unpaired) electrons. The SMILES string of the molecule is CCc1nc(N)cn1CC1CCOCC1. The fraction of sp³-hybridized carbons (Fsp3) is 0.727. The Morgan fingerprint density at radius 2 is 2.27 bits per heavy atom. The number of hydrogen-bond acceptors (Lipinski definition) is 3. The molecule has 0 aliphatic carbocycles. The Morgan fingerprint density at radius 1 is 1.53 bits per heavy atom. The van der Waals surface area contributed by atoms with Gasteiger partial charge < -0.3 is 15.0 Å². The maximum Gasteiger partial charge on any atom is 0.141 e. The fourth-order valence-corrected chi connectivity index (χ4v) is 2.12. The number of aromatic nitrogens is 2. The van der Waals surface area contributed by atoms with Crippen molar-refractivity contribution in [1.82, 2.24) is 9.55 Å². The van der Waals surface area contributed by atoms with E-state index in [4.69, 9.17) is 10.5 Å². The van der Waals surface area contributed by atoms with Crippen molar-refractivity contribution in [3.63, 3.8) is 0 Å². The average molecular weight is 209 g/mol. The number of nitrogen functional groups attached to an aromatic ring is 1. The summed E-state index contributed by atoms with van der Waals surface area (Å²) in [5, 5.41) is 0. The molecule has 0 atom stereocenters. The summed E-state index contributed by atoms with van der Waals surface area (Å²) in [6.45, 7) is 4.95. The number of rotatable bonds is 3. The summed E-state index contributed by atoms with van der Waals surface area (Å²) in [7, 11) is 0. The van der Waals surface area contributed by atoms with Gasteiger partial charge >= 0.3 is 0 Å². The molecule has 0 amide bonds. The van der Waals surface area contributed by atoms with E-state index >= 15 is 0 Å². The molecular weight excluding hydrogens is 190 g/mol. The van der Waals surface area contributed by atoms with Crippen molar-refractivity contribution in [1.29, 1.82) is 0 Å². The van der Waals surface area contributed by atoms with Gasteiger partial charge in [-0.1, -0.05) is 6.92 Å². The van der Waals surface area contributed by atoms with E-state index in [1.54, 1.807) is 0 Å². The van der Waals surface area contributed by atoms with Crippen LogP contribution in [0.3, 0.4) is 0 Å². The normalized spacial score (nSPS) is 18.2. The third-order valence-corrected chi connectivity index (χ3v) is 2.99. The molecule has 1 aromatic heterocycles. The zero-order valence-corrected chi connectivity index (χ0v) is 9.28. The van der Waals surface area contributed by atoms with Crippen LogP contribution < -0.4 is 5.73 Å². The number of hydrogen-bond donors (Lipinski definition) is 1. The highest BCUT2D eigenvalue weighted by Gasteiger charge is 2.15. The maximum absolute atomic E-state index is 5.70. The molecule has 0 spiro atoms. The first-order chi connectivity index (χ1) is 7.29. The summed E-state index contributed by atoms with van der Waals surface area (Å²) >= 11 is 0. The fourth-order valence-electron chi connectivity index (χ4n) is 2.12. The molecule has 1 aliphatic rings. The first kappa shape index (κ1) is 10.5. The minimum Gasteiger partial charge on any atom is -0.382 e. The second-order valence-corrected chi connectivity index (χ2v) is 4.14. The Bertz CT molecular complexity index is 316. The average Bonchev–Trinajstić information content (AvgIpc) is 2.60. The lowest BCUT2D eigenvalue weighted by Gasteiger charge is -2.22. The Labute approximate surface area is 90.4 Å². The molecule has 1 aromatic rings. The van der Waals surface area contributed by atoms with Gasteiger partial charge in [0, 0.05) is 32.4 Å². The second-order valence-electron chi connectivity index (χ2n) is 4.14. The number of anilines is 1. The Hall–Kier alpha value is -1.03. The molecule has 2 N–H and O–H groups in total. The van der Waals surface area contributed by atoms with Crippen molar-refractivity contribution in [3.05, 3.63) is 12.0 Å². The second kappa shape index (κ2) is 4.66. The Morgan fingerprint density at radius 3 is 2.93 bits per heavy atom. The maximum atomic E-state index is 5.70. The van der Waals surface area contributed by atoms with Crippen LogP contribution in [0.5, 0.6) is 0 Å². The number of aryl methyl sites for hydroxylation is 1. The Kier molecular flexibility index (Phi) is 3.26. The van der Waals surface area contributed by atoms with Gasteiger partial charge in [0.1, 0.15) is 11.6 Å². The zero-order valence-electron chi connectivity index (χ0n) is 9.28. The van der Waals surface area contributed by atoms with Crippen molar-refractivity contribution < 1.29 is 4.74 Å². The van der Waals surface area contributed by atoms with E-state index in [1.807, 2.05) is 6.20 Å². The topological polar surface area (TPSA) is 53.1 Å². The quantitative estimate of drug-likeness (QED) is 0.819. The highest BCUT2D eigenvalue weighted by atomic mass is 16.5. The molecule has 0 aromatic carbocycles. The van der Waals surface area contributed by atoms with E-state index in [0.29, 0.717) is 5.82 Å². The predicted molar refractivity (Wildman–Crippen MR) is 59.6 cm³/mol. The summed E-state index contributed by atoms with van der Waals surface area (Å²) in [5.74, 6) is 2.45. The van der Waals surface area contributed by atoms with Gasteiger partial charge in [-0.25, -0.2) is 4.98 Å². The number of nitrogens with two attached hydrogens (primary N) is 1. The molecule has 1 fully saturated rings. The molecule has 2 heterocycles. The van der Waals surface area contributed by atoms with E-state index < -0.39 is 0 Å². The molecule has 15 heavy (non-hydrogen) atoms. The van der Waals surface area contributed by atoms with Gasteiger partial charge in [-0.15, -0.1) is 0 Å². The van der Waals surface area contributed by atoms with Crippen LogP contribution >= 0.6 is 0 Å². The molecule has 1 saturated heterocycles. The number of nitrogens with zero attached hydrogens (tertiary/aromatic N) is 2. The smallest absolute Gasteiger partial charge is 0.141 e. The van der Waals surface area contributed by atoms with Crippen molar-refractivity contribution in [2.75, 3.05) is 18.9 Å². The van der Waals surface area contributed by atoms with Crippen LogP contribution in [0.2, 0.25) is 0 Å². The van der Waals surface area contributed by atoms with Gasteiger partial charge in [-0.05, 0) is 18.8 Å². The molecule has 4 heteroatoms. The van der Waals surface area contributed by atoms with Crippen LogP contribution in [0.15, 0.2) is 6.20 Å². The standard InChI is InChI=1S/C11H19N3O/c1-2-11-13-10(12)8-14(11)7-9-3-5-15-6-4-9/h8-9H,2-7,12H2,1H3. The molecule has 84 valence electrons. The molecule has 0 unspecified atom stereocenters. The van der Waals surface area contributed by atoms with Crippen molar-refractivity contribution >= 4 is 5.82 Å². The lowest BCUT2D eigenvalue weighted by Crippen LogP contribution is -2.21. The van der Waals surface area contributed by atoms with Crippen molar-refractivity contribution in [2.24, 2.45) is 5.92 Å². The first-order valence-corrected chi connectivity index (χ1v) is 5.69. The van der Waals surface area contributed by atoms with E-state index in [-0.39, 0.29) is 0 Å². The van der Waals surface area contributed by atoms with Crippen LogP contribution in [-0.2, 0) is 17.7 Å². The third kappa shape index (κ3) is 2.50. The summed E-state index contributed by atoms with van der Waals surface area (Å²) in [6, 6.07) is 0. The monoisotopic (exact) mass is 209 g/mol. The molecule has 0 bridgehead atoms. The van der Waals surface area contributed by atoms with Crippen molar-refractivity contribution in [2.45, 2.75) is 32.7 Å². The van der Waals surface area contributed by atoms with E-state index in [0.717, 1.165) is 50.8 Å².